The van der Waals surface area contributed by atoms with E-state index in [1.165, 1.54) is 12.8 Å². The van der Waals surface area contributed by atoms with Crippen LogP contribution in [0.15, 0.2) is 24.3 Å². The van der Waals surface area contributed by atoms with Gasteiger partial charge in [0.2, 0.25) is 10.0 Å². The van der Waals surface area contributed by atoms with Crippen LogP contribution in [-0.2, 0) is 15.8 Å². The van der Waals surface area contributed by atoms with Crippen molar-refractivity contribution in [3.05, 3.63) is 35.4 Å². The summed E-state index contributed by atoms with van der Waals surface area (Å²) in [5.74, 6) is 0.279. The summed E-state index contributed by atoms with van der Waals surface area (Å²) >= 11 is 0. The van der Waals surface area contributed by atoms with Crippen LogP contribution in [0, 0.1) is 5.92 Å². The van der Waals surface area contributed by atoms with E-state index in [0.29, 0.717) is 23.6 Å². The Hall–Kier alpha value is -1.15. The standard InChI is InChI=1S/C15H23N3O3S.ClH/c16-22(20,21)11-13-3-5-14(6-4-13)15(19)18-9-7-12-2-1-8-17-10-12;/h3-6,12,17H,1-2,7-11H2,(H,18,19)(H2,16,20,21);1H. The third-order valence-corrected chi connectivity index (χ3v) is 4.56. The summed E-state index contributed by atoms with van der Waals surface area (Å²) < 4.78 is 22.0. The molecule has 2 rings (SSSR count). The van der Waals surface area contributed by atoms with Crippen LogP contribution in [0.3, 0.4) is 0 Å². The molecule has 1 atom stereocenters. The van der Waals surface area contributed by atoms with E-state index in [4.69, 9.17) is 5.14 Å². The zero-order valence-corrected chi connectivity index (χ0v) is 14.6. The maximum absolute atomic E-state index is 12.0. The van der Waals surface area contributed by atoms with Crippen LogP contribution in [-0.4, -0.2) is 34.0 Å². The van der Waals surface area contributed by atoms with Crippen molar-refractivity contribution in [1.82, 2.24) is 10.6 Å². The summed E-state index contributed by atoms with van der Waals surface area (Å²) in [6.07, 6.45) is 3.39. The number of carbonyl (C=O) groups excluding carboxylic acids is 1. The second kappa shape index (κ2) is 9.22. The molecule has 0 aromatic heterocycles. The van der Waals surface area contributed by atoms with Crippen LogP contribution < -0.4 is 15.8 Å². The highest BCUT2D eigenvalue weighted by atomic mass is 35.5. The summed E-state index contributed by atoms with van der Waals surface area (Å²) in [5, 5.41) is 11.3. The smallest absolute Gasteiger partial charge is 0.251 e. The molecule has 1 aromatic rings. The Balaban J connectivity index is 0.00000264. The number of nitrogens with one attached hydrogen (secondary N) is 2. The number of rotatable bonds is 6. The number of hydrogen-bond donors (Lipinski definition) is 3. The molecule has 1 heterocycles. The van der Waals surface area contributed by atoms with Crippen LogP contribution in [0.2, 0.25) is 0 Å². The lowest BCUT2D eigenvalue weighted by molar-refractivity contribution is 0.0950. The Labute approximate surface area is 143 Å². The van der Waals surface area contributed by atoms with Gasteiger partial charge in [0.05, 0.1) is 5.75 Å². The van der Waals surface area contributed by atoms with Crippen LogP contribution >= 0.6 is 12.4 Å². The molecule has 4 N–H and O–H groups in total. The Morgan fingerprint density at radius 2 is 2.00 bits per heavy atom. The van der Waals surface area contributed by atoms with Gasteiger partial charge in [-0.05, 0) is 56.0 Å². The first-order valence-electron chi connectivity index (χ1n) is 7.52. The maximum atomic E-state index is 12.0. The highest BCUT2D eigenvalue weighted by Gasteiger charge is 2.13. The highest BCUT2D eigenvalue weighted by Crippen LogP contribution is 2.13. The Kier molecular flexibility index (Phi) is 7.98. The van der Waals surface area contributed by atoms with Gasteiger partial charge in [0.25, 0.3) is 5.91 Å². The maximum Gasteiger partial charge on any atom is 0.251 e. The molecule has 8 heteroatoms. The van der Waals surface area contributed by atoms with Crippen molar-refractivity contribution >= 4 is 28.3 Å². The van der Waals surface area contributed by atoms with Crippen molar-refractivity contribution in [2.24, 2.45) is 11.1 Å². The molecule has 0 saturated carbocycles. The Morgan fingerprint density at radius 3 is 2.57 bits per heavy atom. The van der Waals surface area contributed by atoms with Crippen LogP contribution in [0.4, 0.5) is 0 Å². The first-order valence-corrected chi connectivity index (χ1v) is 9.24. The quantitative estimate of drug-likeness (QED) is 0.704. The molecule has 1 aromatic carbocycles. The molecule has 0 spiro atoms. The molecule has 0 radical (unpaired) electrons. The largest absolute Gasteiger partial charge is 0.352 e. The number of piperidine rings is 1. The van der Waals surface area contributed by atoms with Crippen molar-refractivity contribution in [3.63, 3.8) is 0 Å². The van der Waals surface area contributed by atoms with E-state index in [1.54, 1.807) is 24.3 Å². The van der Waals surface area contributed by atoms with Crippen molar-refractivity contribution < 1.29 is 13.2 Å². The Bertz CT molecular complexity index is 599. The number of nitrogens with two attached hydrogens (primary N) is 1. The van der Waals surface area contributed by atoms with Gasteiger partial charge in [-0.3, -0.25) is 4.79 Å². The van der Waals surface area contributed by atoms with Crippen molar-refractivity contribution in [2.45, 2.75) is 25.0 Å². The number of halogens is 1. The molecule has 1 aliphatic rings. The second-order valence-corrected chi connectivity index (χ2v) is 7.38. The molecule has 0 aliphatic carbocycles. The van der Waals surface area contributed by atoms with E-state index < -0.39 is 10.0 Å². The highest BCUT2D eigenvalue weighted by molar-refractivity contribution is 7.88. The van der Waals surface area contributed by atoms with Gasteiger partial charge in [-0.1, -0.05) is 12.1 Å². The molecule has 0 bridgehead atoms. The number of primary sulfonamides is 1. The third kappa shape index (κ3) is 7.30. The molecule has 1 fully saturated rings. The third-order valence-electron chi connectivity index (χ3n) is 3.82. The van der Waals surface area contributed by atoms with E-state index in [0.717, 1.165) is 19.5 Å². The van der Waals surface area contributed by atoms with Gasteiger partial charge in [0.1, 0.15) is 0 Å². The van der Waals surface area contributed by atoms with Crippen LogP contribution in [0.25, 0.3) is 0 Å². The molecule has 1 unspecified atom stereocenters. The topological polar surface area (TPSA) is 101 Å². The van der Waals surface area contributed by atoms with Crippen LogP contribution in [0.1, 0.15) is 35.2 Å². The van der Waals surface area contributed by atoms with Gasteiger partial charge in [0, 0.05) is 12.1 Å². The van der Waals surface area contributed by atoms with E-state index in [9.17, 15) is 13.2 Å². The van der Waals surface area contributed by atoms with Crippen molar-refractivity contribution in [3.8, 4) is 0 Å². The van der Waals surface area contributed by atoms with Gasteiger partial charge in [-0.15, -0.1) is 12.4 Å². The molecule has 6 nitrogen and oxygen atoms in total. The fourth-order valence-electron chi connectivity index (χ4n) is 2.65. The molecular weight excluding hydrogens is 338 g/mol. The zero-order valence-electron chi connectivity index (χ0n) is 13.0. The number of amides is 1. The minimum absolute atomic E-state index is 0. The first-order chi connectivity index (χ1) is 10.4. The van der Waals surface area contributed by atoms with E-state index in [1.807, 2.05) is 0 Å². The van der Waals surface area contributed by atoms with E-state index in [-0.39, 0.29) is 24.1 Å². The lowest BCUT2D eigenvalue weighted by Gasteiger charge is -2.22. The lowest BCUT2D eigenvalue weighted by Crippen LogP contribution is -2.33. The number of hydrogen-bond acceptors (Lipinski definition) is 4. The van der Waals surface area contributed by atoms with E-state index >= 15 is 0 Å². The molecule has 23 heavy (non-hydrogen) atoms. The van der Waals surface area contributed by atoms with Gasteiger partial charge >= 0.3 is 0 Å². The first kappa shape index (κ1) is 19.9. The molecule has 1 aliphatic heterocycles. The second-order valence-electron chi connectivity index (χ2n) is 5.76. The predicted octanol–water partition coefficient (Wildman–Crippen LogP) is 1.02. The van der Waals surface area contributed by atoms with Crippen molar-refractivity contribution in [1.29, 1.82) is 0 Å². The Morgan fingerprint density at radius 1 is 1.30 bits per heavy atom. The van der Waals surface area contributed by atoms with Gasteiger partial charge in [-0.2, -0.15) is 0 Å². The number of benzene rings is 1. The zero-order chi connectivity index (χ0) is 16.0. The van der Waals surface area contributed by atoms with Gasteiger partial charge in [-0.25, -0.2) is 13.6 Å². The van der Waals surface area contributed by atoms with Gasteiger partial charge < -0.3 is 10.6 Å². The fourth-order valence-corrected chi connectivity index (χ4v) is 3.30. The average Bonchev–Trinajstić information content (AvgIpc) is 2.47. The molecule has 1 saturated heterocycles. The number of carbonyl (C=O) groups is 1. The SMILES string of the molecule is Cl.NS(=O)(=O)Cc1ccc(C(=O)NCCC2CCCNC2)cc1. The average molecular weight is 362 g/mol. The summed E-state index contributed by atoms with van der Waals surface area (Å²) in [4.78, 5) is 12.0. The van der Waals surface area contributed by atoms with Gasteiger partial charge in [0.15, 0.2) is 0 Å². The normalized spacial score (nSPS) is 18.0. The van der Waals surface area contributed by atoms with Crippen molar-refractivity contribution in [2.75, 3.05) is 19.6 Å². The molecule has 130 valence electrons. The number of sulfonamides is 1. The van der Waals surface area contributed by atoms with Crippen LogP contribution in [0.5, 0.6) is 0 Å². The molecular formula is C15H24ClN3O3S. The van der Waals surface area contributed by atoms with E-state index in [2.05, 4.69) is 10.6 Å². The monoisotopic (exact) mass is 361 g/mol. The lowest BCUT2D eigenvalue weighted by atomic mass is 9.96. The summed E-state index contributed by atoms with van der Waals surface area (Å²) in [5.41, 5.74) is 1.10. The molecule has 1 amide bonds. The predicted molar refractivity (Wildman–Crippen MR) is 93.0 cm³/mol. The summed E-state index contributed by atoms with van der Waals surface area (Å²) in [6.45, 7) is 2.77. The summed E-state index contributed by atoms with van der Waals surface area (Å²) in [7, 11) is -3.54. The fraction of sp³-hybridized carbons (Fsp3) is 0.533. The minimum Gasteiger partial charge on any atom is -0.352 e. The minimum atomic E-state index is -3.54. The summed E-state index contributed by atoms with van der Waals surface area (Å²) in [6, 6.07) is 6.48.